The summed E-state index contributed by atoms with van der Waals surface area (Å²) in [6, 6.07) is 8.92. The second kappa shape index (κ2) is 9.33. The second-order valence-corrected chi connectivity index (χ2v) is 9.44. The average molecular weight is 421 g/mol. The number of amides is 1. The Morgan fingerprint density at radius 2 is 1.67 bits per heavy atom. The molecule has 0 atom stereocenters. The molecule has 166 valence electrons. The first kappa shape index (κ1) is 22.5. The normalized spacial score (nSPS) is 20.6. The number of ether oxygens (including phenoxy) is 1. The highest BCUT2D eigenvalue weighted by Gasteiger charge is 2.39. The van der Waals surface area contributed by atoms with Crippen LogP contribution in [-0.2, 0) is 9.57 Å². The van der Waals surface area contributed by atoms with Crippen LogP contribution in [0.25, 0.3) is 0 Å². The van der Waals surface area contributed by atoms with E-state index < -0.39 is 11.3 Å². The molecule has 0 radical (unpaired) electrons. The van der Waals surface area contributed by atoms with Crippen LogP contribution in [0.2, 0.25) is 0 Å². The van der Waals surface area contributed by atoms with Crippen LogP contribution in [0.5, 0.6) is 0 Å². The van der Waals surface area contributed by atoms with Gasteiger partial charge >= 0.3 is 12.1 Å². The van der Waals surface area contributed by atoms with Crippen molar-refractivity contribution in [3.8, 4) is 0 Å². The molecule has 2 saturated heterocycles. The van der Waals surface area contributed by atoms with Crippen molar-refractivity contribution >= 4 is 12.1 Å². The van der Waals surface area contributed by atoms with Gasteiger partial charge in [-0.25, -0.2) is 14.0 Å². The summed E-state index contributed by atoms with van der Waals surface area (Å²) in [5.41, 5.74) is -1.26. The van der Waals surface area contributed by atoms with E-state index in [0.29, 0.717) is 51.0 Å². The molecule has 2 aliphatic rings. The van der Waals surface area contributed by atoms with E-state index in [4.69, 9.17) is 9.57 Å². The minimum absolute atomic E-state index is 0.259. The van der Waals surface area contributed by atoms with Crippen molar-refractivity contribution < 1.29 is 23.6 Å². The van der Waals surface area contributed by atoms with Crippen molar-refractivity contribution in [1.29, 1.82) is 0 Å². The Bertz CT molecular complexity index is 718. The fourth-order valence-electron chi connectivity index (χ4n) is 4.09. The first-order valence-electron chi connectivity index (χ1n) is 10.8. The molecule has 6 nitrogen and oxygen atoms in total. The standard InChI is InChI=1S/C23H33FN2O4/c1-22(2,3)29-21(28)25-15-11-23(24,12-16-25)17-18-9-13-26(14-10-18)30-20(27)19-7-5-4-6-8-19/h4-8,18H,9-17H2,1-3H3. The summed E-state index contributed by atoms with van der Waals surface area (Å²) < 4.78 is 20.8. The highest BCUT2D eigenvalue weighted by Crippen LogP contribution is 2.36. The van der Waals surface area contributed by atoms with Gasteiger partial charge in [0.1, 0.15) is 11.3 Å². The maximum Gasteiger partial charge on any atom is 0.410 e. The van der Waals surface area contributed by atoms with Crippen LogP contribution >= 0.6 is 0 Å². The van der Waals surface area contributed by atoms with E-state index in [2.05, 4.69) is 0 Å². The molecule has 3 rings (SSSR count). The lowest BCUT2D eigenvalue weighted by Crippen LogP contribution is -2.47. The Balaban J connectivity index is 1.41. The van der Waals surface area contributed by atoms with Crippen LogP contribution in [0.1, 0.15) is 63.2 Å². The highest BCUT2D eigenvalue weighted by molar-refractivity contribution is 5.89. The van der Waals surface area contributed by atoms with Gasteiger partial charge in [-0.2, -0.15) is 0 Å². The molecule has 7 heteroatoms. The predicted octanol–water partition coefficient (Wildman–Crippen LogP) is 4.60. The maximum absolute atomic E-state index is 15.4. The van der Waals surface area contributed by atoms with E-state index in [0.717, 1.165) is 12.8 Å². The summed E-state index contributed by atoms with van der Waals surface area (Å²) in [6.45, 7) is 7.50. The molecular weight excluding hydrogens is 387 g/mol. The van der Waals surface area contributed by atoms with Gasteiger partial charge < -0.3 is 14.5 Å². The van der Waals surface area contributed by atoms with Crippen molar-refractivity contribution in [1.82, 2.24) is 9.96 Å². The number of piperidine rings is 2. The number of halogens is 1. The van der Waals surface area contributed by atoms with Crippen molar-refractivity contribution in [3.05, 3.63) is 35.9 Å². The van der Waals surface area contributed by atoms with E-state index in [1.165, 1.54) is 0 Å². The third-order valence-corrected chi connectivity index (χ3v) is 5.76. The Hall–Kier alpha value is -2.15. The molecule has 0 aromatic heterocycles. The summed E-state index contributed by atoms with van der Waals surface area (Å²) in [4.78, 5) is 31.4. The van der Waals surface area contributed by atoms with Crippen LogP contribution in [0.3, 0.4) is 0 Å². The second-order valence-electron chi connectivity index (χ2n) is 9.44. The summed E-state index contributed by atoms with van der Waals surface area (Å²) in [5.74, 6) is -0.0970. The molecule has 2 fully saturated rings. The lowest BCUT2D eigenvalue weighted by molar-refractivity contribution is -0.129. The van der Waals surface area contributed by atoms with Crippen LogP contribution in [0.4, 0.5) is 9.18 Å². The molecule has 0 unspecified atom stereocenters. The average Bonchev–Trinajstić information content (AvgIpc) is 2.69. The topological polar surface area (TPSA) is 59.1 Å². The molecule has 30 heavy (non-hydrogen) atoms. The molecule has 2 heterocycles. The monoisotopic (exact) mass is 420 g/mol. The number of alkyl halides is 1. The quantitative estimate of drug-likeness (QED) is 0.713. The Morgan fingerprint density at radius 3 is 2.23 bits per heavy atom. The van der Waals surface area contributed by atoms with Gasteiger partial charge in [0.2, 0.25) is 0 Å². The SMILES string of the molecule is CC(C)(C)OC(=O)N1CCC(F)(CC2CCN(OC(=O)c3ccccc3)CC2)CC1. The van der Waals surface area contributed by atoms with Gasteiger partial charge in [0.05, 0.1) is 5.56 Å². The Morgan fingerprint density at radius 1 is 1.07 bits per heavy atom. The number of hydrogen-bond donors (Lipinski definition) is 0. The van der Waals surface area contributed by atoms with Crippen molar-refractivity contribution in [2.75, 3.05) is 26.2 Å². The van der Waals surface area contributed by atoms with Gasteiger partial charge in [0, 0.05) is 26.2 Å². The molecule has 0 saturated carbocycles. The molecule has 0 aliphatic carbocycles. The molecule has 1 aromatic carbocycles. The number of hydrogen-bond acceptors (Lipinski definition) is 5. The fraction of sp³-hybridized carbons (Fsp3) is 0.652. The smallest absolute Gasteiger partial charge is 0.410 e. The van der Waals surface area contributed by atoms with Gasteiger partial charge in [-0.1, -0.05) is 18.2 Å². The maximum atomic E-state index is 15.4. The minimum Gasteiger partial charge on any atom is -0.444 e. The lowest BCUT2D eigenvalue weighted by atomic mass is 9.81. The molecule has 2 aliphatic heterocycles. The molecule has 1 amide bonds. The van der Waals surface area contributed by atoms with Gasteiger partial charge in [0.25, 0.3) is 0 Å². The van der Waals surface area contributed by atoms with Gasteiger partial charge in [-0.15, -0.1) is 5.06 Å². The van der Waals surface area contributed by atoms with E-state index in [9.17, 15) is 9.59 Å². The Labute approximate surface area is 178 Å². The van der Waals surface area contributed by atoms with E-state index >= 15 is 4.39 Å². The van der Waals surface area contributed by atoms with Crippen LogP contribution in [0.15, 0.2) is 30.3 Å². The molecule has 0 N–H and O–H groups in total. The highest BCUT2D eigenvalue weighted by atomic mass is 19.1. The first-order valence-corrected chi connectivity index (χ1v) is 10.8. The number of hydroxylamine groups is 2. The molecule has 1 aromatic rings. The first-order chi connectivity index (χ1) is 14.1. The van der Waals surface area contributed by atoms with E-state index in [1.54, 1.807) is 34.2 Å². The third kappa shape index (κ3) is 6.42. The number of carbonyl (C=O) groups excluding carboxylic acids is 2. The zero-order chi connectivity index (χ0) is 21.8. The van der Waals surface area contributed by atoms with Crippen LogP contribution < -0.4 is 0 Å². The Kier molecular flexibility index (Phi) is 7.01. The lowest BCUT2D eigenvalue weighted by Gasteiger charge is -2.40. The van der Waals surface area contributed by atoms with Crippen molar-refractivity contribution in [3.63, 3.8) is 0 Å². The molecule has 0 spiro atoms. The van der Waals surface area contributed by atoms with E-state index in [-0.39, 0.29) is 18.0 Å². The fourth-order valence-corrected chi connectivity index (χ4v) is 4.09. The number of rotatable bonds is 4. The molecule has 0 bridgehead atoms. The van der Waals surface area contributed by atoms with Gasteiger partial charge in [-0.05, 0) is 70.9 Å². The van der Waals surface area contributed by atoms with Crippen LogP contribution in [-0.4, -0.2) is 59.5 Å². The molecular formula is C23H33FN2O4. The number of benzene rings is 1. The summed E-state index contributed by atoms with van der Waals surface area (Å²) >= 11 is 0. The van der Waals surface area contributed by atoms with Crippen LogP contribution in [0, 0.1) is 5.92 Å². The van der Waals surface area contributed by atoms with Gasteiger partial charge in [0.15, 0.2) is 0 Å². The third-order valence-electron chi connectivity index (χ3n) is 5.76. The summed E-state index contributed by atoms with van der Waals surface area (Å²) in [5, 5.41) is 1.68. The number of nitrogens with zero attached hydrogens (tertiary/aromatic N) is 2. The summed E-state index contributed by atoms with van der Waals surface area (Å²) in [7, 11) is 0. The van der Waals surface area contributed by atoms with Gasteiger partial charge in [-0.3, -0.25) is 0 Å². The zero-order valence-electron chi connectivity index (χ0n) is 18.2. The predicted molar refractivity (Wildman–Crippen MR) is 112 cm³/mol. The minimum atomic E-state index is -1.24. The van der Waals surface area contributed by atoms with E-state index in [1.807, 2.05) is 26.8 Å². The number of likely N-dealkylation sites (tertiary alicyclic amines) is 1. The van der Waals surface area contributed by atoms with Crippen molar-refractivity contribution in [2.24, 2.45) is 5.92 Å². The largest absolute Gasteiger partial charge is 0.444 e. The number of carbonyl (C=O) groups is 2. The zero-order valence-corrected chi connectivity index (χ0v) is 18.2. The van der Waals surface area contributed by atoms with Crippen molar-refractivity contribution in [2.45, 2.75) is 64.1 Å². The summed E-state index contributed by atoms with van der Waals surface area (Å²) in [6.07, 6.45) is 2.41.